The molecule has 1 aromatic rings. The van der Waals surface area contributed by atoms with Gasteiger partial charge in [0.1, 0.15) is 11.9 Å². The van der Waals surface area contributed by atoms with Crippen molar-refractivity contribution in [2.45, 2.75) is 0 Å². The van der Waals surface area contributed by atoms with Crippen molar-refractivity contribution in [2.24, 2.45) is 0 Å². The summed E-state index contributed by atoms with van der Waals surface area (Å²) in [7, 11) is 0. The number of pyridine rings is 1. The van der Waals surface area contributed by atoms with Crippen molar-refractivity contribution in [3.8, 4) is 0 Å². The molecule has 0 saturated heterocycles. The molecular weight excluding hydrogens is 347 g/mol. The topological polar surface area (TPSA) is 12.9 Å². The molecule has 0 aliphatic heterocycles. The zero-order chi connectivity index (χ0) is 7.72. The summed E-state index contributed by atoms with van der Waals surface area (Å²) in [5.74, 6) is -6.64. The average Bonchev–Trinajstić information content (AvgIpc) is 1.84. The average molecular weight is 347 g/mol. The second-order valence-corrected chi connectivity index (χ2v) is 1.45. The van der Waals surface area contributed by atoms with Crippen LogP contribution in [-0.2, 0) is 22.4 Å². The van der Waals surface area contributed by atoms with E-state index in [1.165, 1.54) is 0 Å². The van der Waals surface area contributed by atoms with Crippen molar-refractivity contribution in [1.82, 2.24) is 4.98 Å². The van der Waals surface area contributed by atoms with Gasteiger partial charge in [-0.05, 0) is 0 Å². The molecular formula is C5AuF4N. The van der Waals surface area contributed by atoms with Gasteiger partial charge in [-0.1, -0.05) is 6.07 Å². The molecule has 0 aliphatic carbocycles. The third kappa shape index (κ3) is 2.28. The summed E-state index contributed by atoms with van der Waals surface area (Å²) in [5, 5.41) is 0. The fourth-order valence-electron chi connectivity index (χ4n) is 0.384. The maximum atomic E-state index is 11.9. The molecule has 0 fully saturated rings. The smallest absolute Gasteiger partial charge is 0.319 e. The minimum Gasteiger partial charge on any atom is -0.319 e. The van der Waals surface area contributed by atoms with Crippen molar-refractivity contribution in [3.63, 3.8) is 0 Å². The number of halogens is 4. The SMILES string of the molecule is Fc1[c-]c(F)c(F)nc1F.[Au+]. The first kappa shape index (κ1) is 10.6. The molecule has 0 spiro atoms. The normalized spacial score (nSPS) is 9.09. The molecule has 1 heterocycles. The number of nitrogens with zero attached hydrogens (tertiary/aromatic N) is 1. The Labute approximate surface area is 74.9 Å². The second kappa shape index (κ2) is 3.85. The first-order chi connectivity index (χ1) is 4.61. The van der Waals surface area contributed by atoms with Crippen LogP contribution in [0.2, 0.25) is 0 Å². The maximum Gasteiger partial charge on any atom is 1.00 e. The number of aromatic nitrogens is 1. The zero-order valence-electron chi connectivity index (χ0n) is 4.76. The zero-order valence-corrected chi connectivity index (χ0v) is 6.93. The van der Waals surface area contributed by atoms with Gasteiger partial charge in [0.25, 0.3) is 0 Å². The second-order valence-electron chi connectivity index (χ2n) is 1.45. The molecule has 0 aliphatic rings. The molecule has 6 heteroatoms. The van der Waals surface area contributed by atoms with Crippen molar-refractivity contribution in [1.29, 1.82) is 0 Å². The molecule has 64 valence electrons. The van der Waals surface area contributed by atoms with Crippen molar-refractivity contribution >= 4 is 0 Å². The summed E-state index contributed by atoms with van der Waals surface area (Å²) in [6.07, 6.45) is 0. The van der Waals surface area contributed by atoms with E-state index in [1.807, 2.05) is 0 Å². The molecule has 11 heavy (non-hydrogen) atoms. The van der Waals surface area contributed by atoms with Crippen LogP contribution in [0.15, 0.2) is 0 Å². The van der Waals surface area contributed by atoms with E-state index in [4.69, 9.17) is 0 Å². The Morgan fingerprint density at radius 1 is 0.909 bits per heavy atom. The van der Waals surface area contributed by atoms with Gasteiger partial charge in [-0.2, -0.15) is 0 Å². The quantitative estimate of drug-likeness (QED) is 0.300. The predicted molar refractivity (Wildman–Crippen MR) is 22.9 cm³/mol. The van der Waals surface area contributed by atoms with Gasteiger partial charge in [-0.15, -0.1) is 0 Å². The summed E-state index contributed by atoms with van der Waals surface area (Å²) in [4.78, 5) is 2.26. The fraction of sp³-hybridized carbons (Fsp3) is 0. The standard InChI is InChI=1S/C5F4N.Au/c6-2-1-3(7)5(9)10-4(2)8;/q-1;+1. The number of hydrogen-bond acceptors (Lipinski definition) is 1. The summed E-state index contributed by atoms with van der Waals surface area (Å²) >= 11 is 0. The molecule has 0 radical (unpaired) electrons. The Morgan fingerprint density at radius 3 is 1.55 bits per heavy atom. The molecule has 0 N–H and O–H groups in total. The molecule has 0 aromatic carbocycles. The monoisotopic (exact) mass is 347 g/mol. The van der Waals surface area contributed by atoms with E-state index in [2.05, 4.69) is 4.98 Å². The predicted octanol–water partition coefficient (Wildman–Crippen LogP) is 1.44. The van der Waals surface area contributed by atoms with Crippen molar-refractivity contribution < 1.29 is 39.9 Å². The van der Waals surface area contributed by atoms with Crippen LogP contribution in [0.3, 0.4) is 0 Å². The van der Waals surface area contributed by atoms with Gasteiger partial charge < -0.3 is 4.98 Å². The molecule has 1 nitrogen and oxygen atoms in total. The van der Waals surface area contributed by atoms with Gasteiger partial charge in [0.2, 0.25) is 0 Å². The third-order valence-electron chi connectivity index (χ3n) is 0.778. The van der Waals surface area contributed by atoms with Crippen molar-refractivity contribution in [2.75, 3.05) is 0 Å². The van der Waals surface area contributed by atoms with Crippen LogP contribution >= 0.6 is 0 Å². The third-order valence-corrected chi connectivity index (χ3v) is 0.778. The molecule has 0 amide bonds. The van der Waals surface area contributed by atoms with Gasteiger partial charge in [0.05, 0.1) is 11.6 Å². The van der Waals surface area contributed by atoms with Gasteiger partial charge >= 0.3 is 22.4 Å². The van der Waals surface area contributed by atoms with Crippen LogP contribution in [0.1, 0.15) is 0 Å². The Bertz CT molecular complexity index is 215. The van der Waals surface area contributed by atoms with E-state index < -0.39 is 23.5 Å². The Hall–Kier alpha value is -0.390. The van der Waals surface area contributed by atoms with Crippen LogP contribution in [0.25, 0.3) is 0 Å². The fourth-order valence-corrected chi connectivity index (χ4v) is 0.384. The van der Waals surface area contributed by atoms with Gasteiger partial charge in [0.15, 0.2) is 0 Å². The number of hydrogen-bond donors (Lipinski definition) is 0. The van der Waals surface area contributed by atoms with Crippen LogP contribution in [0, 0.1) is 29.6 Å². The van der Waals surface area contributed by atoms with Crippen molar-refractivity contribution in [3.05, 3.63) is 29.6 Å². The minimum absolute atomic E-state index is 0. The molecule has 0 atom stereocenters. The Kier molecular flexibility index (Phi) is 3.71. The molecule has 1 rings (SSSR count). The van der Waals surface area contributed by atoms with E-state index >= 15 is 0 Å². The van der Waals surface area contributed by atoms with Crippen LogP contribution in [0.5, 0.6) is 0 Å². The summed E-state index contributed by atoms with van der Waals surface area (Å²) in [5.41, 5.74) is 0. The molecule has 1 aromatic heterocycles. The van der Waals surface area contributed by atoms with E-state index in [9.17, 15) is 17.6 Å². The molecule has 0 unspecified atom stereocenters. The molecule has 0 saturated carbocycles. The Balaban J connectivity index is 0.000001000. The largest absolute Gasteiger partial charge is 1.00 e. The van der Waals surface area contributed by atoms with E-state index in [1.54, 1.807) is 0 Å². The Morgan fingerprint density at radius 2 is 1.27 bits per heavy atom. The van der Waals surface area contributed by atoms with Crippen LogP contribution in [-0.4, -0.2) is 4.98 Å². The summed E-state index contributed by atoms with van der Waals surface area (Å²) in [6.45, 7) is 0. The van der Waals surface area contributed by atoms with E-state index in [0.29, 0.717) is 0 Å². The first-order valence-electron chi connectivity index (χ1n) is 2.20. The first-order valence-corrected chi connectivity index (χ1v) is 2.20. The minimum atomic E-state index is -1.70. The van der Waals surface area contributed by atoms with Gasteiger partial charge in [-0.3, -0.25) is 8.78 Å². The van der Waals surface area contributed by atoms with Crippen LogP contribution in [0.4, 0.5) is 17.6 Å². The summed E-state index contributed by atoms with van der Waals surface area (Å²) < 4.78 is 47.4. The summed E-state index contributed by atoms with van der Waals surface area (Å²) in [6, 6.07) is 1.16. The van der Waals surface area contributed by atoms with Crippen LogP contribution < -0.4 is 0 Å². The molecule has 0 bridgehead atoms. The van der Waals surface area contributed by atoms with Gasteiger partial charge in [-0.25, -0.2) is 8.78 Å². The van der Waals surface area contributed by atoms with Gasteiger partial charge in [0, 0.05) is 0 Å². The van der Waals surface area contributed by atoms with E-state index in [0.717, 1.165) is 6.07 Å². The number of rotatable bonds is 0. The van der Waals surface area contributed by atoms with E-state index in [-0.39, 0.29) is 22.4 Å². The maximum absolute atomic E-state index is 11.9.